The Balaban J connectivity index is 1.01. The third kappa shape index (κ3) is 9.44. The van der Waals surface area contributed by atoms with E-state index in [1.165, 1.54) is 6.42 Å². The molecule has 2 aliphatic carbocycles. The molecule has 2 aromatic carbocycles. The molecule has 298 valence electrons. The summed E-state index contributed by atoms with van der Waals surface area (Å²) in [6.45, 7) is 11.4. The fourth-order valence-corrected chi connectivity index (χ4v) is 7.85. The molecule has 56 heavy (non-hydrogen) atoms. The Labute approximate surface area is 329 Å². The van der Waals surface area contributed by atoms with Crippen LogP contribution in [-0.2, 0) is 4.74 Å². The van der Waals surface area contributed by atoms with E-state index in [0.29, 0.717) is 48.4 Å². The van der Waals surface area contributed by atoms with Gasteiger partial charge in [0.05, 0.1) is 25.5 Å². The molecular formula is C43H57N9O4. The summed E-state index contributed by atoms with van der Waals surface area (Å²) in [5.74, 6) is 2.04. The van der Waals surface area contributed by atoms with Gasteiger partial charge in [-0.25, -0.2) is 4.79 Å². The summed E-state index contributed by atoms with van der Waals surface area (Å²) in [6, 6.07) is 18.5. The smallest absolute Gasteiger partial charge is 0.320 e. The number of nitrogens with one attached hydrogen (secondary N) is 6. The van der Waals surface area contributed by atoms with Crippen molar-refractivity contribution in [2.75, 3.05) is 51.3 Å². The third-order valence-electron chi connectivity index (χ3n) is 11.3. The summed E-state index contributed by atoms with van der Waals surface area (Å²) in [5.41, 5.74) is 2.96. The van der Waals surface area contributed by atoms with E-state index in [4.69, 9.17) is 30.4 Å². The Morgan fingerprint density at radius 1 is 0.946 bits per heavy atom. The van der Waals surface area contributed by atoms with Gasteiger partial charge in [-0.2, -0.15) is 0 Å². The van der Waals surface area contributed by atoms with Gasteiger partial charge in [-0.15, -0.1) is 0 Å². The number of hydrogen-bond donors (Lipinski definition) is 6. The lowest BCUT2D eigenvalue weighted by molar-refractivity contribution is 0.0322. The average molecular weight is 764 g/mol. The van der Waals surface area contributed by atoms with Crippen molar-refractivity contribution < 1.29 is 19.0 Å². The third-order valence-corrected chi connectivity index (χ3v) is 11.3. The second kappa shape index (κ2) is 16.9. The molecule has 2 aliphatic heterocycles. The van der Waals surface area contributed by atoms with Crippen LogP contribution in [0.4, 0.5) is 10.5 Å². The van der Waals surface area contributed by atoms with Crippen LogP contribution >= 0.6 is 0 Å². The number of carbonyl (C=O) groups is 1. The van der Waals surface area contributed by atoms with Gasteiger partial charge in [0, 0.05) is 60.7 Å². The van der Waals surface area contributed by atoms with Crippen molar-refractivity contribution in [3.05, 3.63) is 95.4 Å². The maximum Gasteiger partial charge on any atom is 0.320 e. The number of allylic oxidation sites excluding steroid dienone is 1. The lowest BCUT2D eigenvalue weighted by Crippen LogP contribution is -2.50. The van der Waals surface area contributed by atoms with E-state index >= 15 is 0 Å². The van der Waals surface area contributed by atoms with Crippen molar-refractivity contribution in [2.45, 2.75) is 83.4 Å². The summed E-state index contributed by atoms with van der Waals surface area (Å²) >= 11 is 0. The van der Waals surface area contributed by atoms with Gasteiger partial charge in [-0.1, -0.05) is 51.1 Å². The van der Waals surface area contributed by atoms with Gasteiger partial charge >= 0.3 is 6.03 Å². The fourth-order valence-electron chi connectivity index (χ4n) is 7.85. The molecule has 2 saturated heterocycles. The molecule has 0 bridgehead atoms. The number of rotatable bonds is 11. The van der Waals surface area contributed by atoms with Crippen LogP contribution in [0, 0.1) is 21.6 Å². The molecule has 3 fully saturated rings. The molecule has 1 aromatic heterocycles. The van der Waals surface area contributed by atoms with Crippen LogP contribution in [0.25, 0.3) is 0 Å². The zero-order valence-electron chi connectivity index (χ0n) is 33.0. The Morgan fingerprint density at radius 3 is 2.50 bits per heavy atom. The highest BCUT2D eigenvalue weighted by molar-refractivity contribution is 5.97. The number of urea groups is 1. The van der Waals surface area contributed by atoms with Crippen molar-refractivity contribution in [1.29, 1.82) is 16.2 Å². The van der Waals surface area contributed by atoms with E-state index in [0.717, 1.165) is 81.9 Å². The van der Waals surface area contributed by atoms with Crippen LogP contribution in [0.2, 0.25) is 0 Å². The molecule has 7 rings (SSSR count). The Kier molecular flexibility index (Phi) is 11.8. The summed E-state index contributed by atoms with van der Waals surface area (Å²) in [4.78, 5) is 18.2. The number of piperidine rings is 1. The Morgan fingerprint density at radius 2 is 1.73 bits per heavy atom. The number of benzene rings is 2. The van der Waals surface area contributed by atoms with Gasteiger partial charge in [0.2, 0.25) is 5.96 Å². The maximum absolute atomic E-state index is 13.7. The van der Waals surface area contributed by atoms with Crippen molar-refractivity contribution in [2.24, 2.45) is 5.41 Å². The molecule has 1 spiro atoms. The first kappa shape index (κ1) is 39.1. The predicted octanol–water partition coefficient (Wildman–Crippen LogP) is 6.75. The van der Waals surface area contributed by atoms with Gasteiger partial charge in [-0.05, 0) is 80.3 Å². The minimum atomic E-state index is -0.430. The van der Waals surface area contributed by atoms with E-state index in [1.807, 2.05) is 69.3 Å². The standard InChI is InChI=1S/C43H57N9O4/c1-42(2,3)37(44)28-39(47-30-9-8-10-31(27-30)55-26-23-50-21-24-54-25-22-50)49-41(53)48-35-14-15-36(34-12-5-4-11-33(34)35)56-32-13-16-38(45)51(29-32)40(46)52-20-7-6-17-43(52)18-19-43/h4-5,8-13,16,27-29,35-36,44-47H,6-7,14-15,17-26H2,1-3H3,(H2,48,49,53)/b39-28+,44-37?,45-38?,46-40?/t35-,36+/m0/s1. The second-order valence-electron chi connectivity index (χ2n) is 16.4. The van der Waals surface area contributed by atoms with Crippen molar-refractivity contribution in [3.8, 4) is 11.5 Å². The van der Waals surface area contributed by atoms with E-state index in [1.54, 1.807) is 29.0 Å². The first-order valence-corrected chi connectivity index (χ1v) is 20.1. The topological polar surface area (TPSA) is 164 Å². The van der Waals surface area contributed by atoms with Crippen LogP contribution in [0.3, 0.4) is 0 Å². The summed E-state index contributed by atoms with van der Waals surface area (Å²) in [6.07, 6.45) is 10.1. The zero-order valence-corrected chi connectivity index (χ0v) is 33.0. The lowest BCUT2D eigenvalue weighted by atomic mass is 9.85. The monoisotopic (exact) mass is 763 g/mol. The number of anilines is 1. The van der Waals surface area contributed by atoms with Crippen LogP contribution < -0.4 is 30.9 Å². The molecule has 13 nitrogen and oxygen atoms in total. The quantitative estimate of drug-likeness (QED) is 0.0929. The van der Waals surface area contributed by atoms with Gasteiger partial charge in [0.15, 0.2) is 0 Å². The molecule has 0 unspecified atom stereocenters. The molecule has 13 heteroatoms. The minimum Gasteiger partial charge on any atom is -0.492 e. The normalized spacial score (nSPS) is 20.8. The maximum atomic E-state index is 13.7. The van der Waals surface area contributed by atoms with Crippen molar-refractivity contribution in [3.63, 3.8) is 0 Å². The first-order chi connectivity index (χ1) is 27.0. The number of aromatic nitrogens is 1. The Hall–Kier alpha value is -5.14. The number of ether oxygens (including phenoxy) is 3. The minimum absolute atomic E-state index is 0.0897. The molecule has 3 aromatic rings. The van der Waals surface area contributed by atoms with E-state index in [9.17, 15) is 4.79 Å². The van der Waals surface area contributed by atoms with Crippen LogP contribution in [0.5, 0.6) is 11.5 Å². The molecular weight excluding hydrogens is 707 g/mol. The summed E-state index contributed by atoms with van der Waals surface area (Å²) < 4.78 is 19.8. The van der Waals surface area contributed by atoms with Crippen molar-refractivity contribution >= 4 is 23.4 Å². The molecule has 2 amide bonds. The molecule has 3 heterocycles. The highest BCUT2D eigenvalue weighted by atomic mass is 16.5. The molecule has 2 atom stereocenters. The number of likely N-dealkylation sites (tertiary alicyclic amines) is 1. The molecule has 6 N–H and O–H groups in total. The number of carbonyl (C=O) groups excluding carboxylic acids is 1. The highest BCUT2D eigenvalue weighted by Gasteiger charge is 2.50. The van der Waals surface area contributed by atoms with E-state index in [2.05, 4.69) is 25.8 Å². The molecule has 4 aliphatic rings. The number of nitrogens with zero attached hydrogens (tertiary/aromatic N) is 3. The van der Waals surface area contributed by atoms with Crippen LogP contribution in [0.15, 0.2) is 78.8 Å². The predicted molar refractivity (Wildman–Crippen MR) is 217 cm³/mol. The SMILES string of the molecule is CC(C)(C)C(=N)/C=C(/NC(=O)N[C@H]1CC[C@@H](Oc2ccc(=N)n(C(=N)N3CCCCC34CC4)c2)c2ccccc21)Nc1cccc(OCCN2CCOCC2)c1. The number of morpholine rings is 1. The van der Waals surface area contributed by atoms with Gasteiger partial charge in [-0.3, -0.25) is 25.6 Å². The fraction of sp³-hybridized carbons (Fsp3) is 0.488. The number of pyridine rings is 1. The Bertz CT molecular complexity index is 1990. The summed E-state index contributed by atoms with van der Waals surface area (Å²) in [7, 11) is 0. The van der Waals surface area contributed by atoms with Crippen LogP contribution in [0.1, 0.15) is 89.0 Å². The van der Waals surface area contributed by atoms with Crippen molar-refractivity contribution in [1.82, 2.24) is 25.0 Å². The molecule has 0 radical (unpaired) electrons. The number of fused-ring (bicyclic) bond motifs is 1. The van der Waals surface area contributed by atoms with E-state index in [-0.39, 0.29) is 29.2 Å². The van der Waals surface area contributed by atoms with Gasteiger partial charge < -0.3 is 35.2 Å². The number of amides is 2. The van der Waals surface area contributed by atoms with Gasteiger partial charge in [0.25, 0.3) is 0 Å². The van der Waals surface area contributed by atoms with Crippen LogP contribution in [-0.4, -0.2) is 83.6 Å². The summed E-state index contributed by atoms with van der Waals surface area (Å²) in [5, 5.41) is 35.9. The largest absolute Gasteiger partial charge is 0.492 e. The second-order valence-corrected chi connectivity index (χ2v) is 16.4. The average Bonchev–Trinajstić information content (AvgIpc) is 3.95. The first-order valence-electron chi connectivity index (χ1n) is 20.1. The number of hydrogen-bond acceptors (Lipinski definition) is 9. The van der Waals surface area contributed by atoms with E-state index < -0.39 is 5.41 Å². The lowest BCUT2D eigenvalue weighted by Gasteiger charge is -2.38. The molecule has 1 saturated carbocycles. The highest BCUT2D eigenvalue weighted by Crippen LogP contribution is 2.48. The zero-order chi connectivity index (χ0) is 39.3. The van der Waals surface area contributed by atoms with Gasteiger partial charge in [0.1, 0.15) is 35.5 Å².